The molecule has 6 heteroatoms. The van der Waals surface area contributed by atoms with Gasteiger partial charge in [0.15, 0.2) is 0 Å². The molecule has 1 saturated heterocycles. The maximum absolute atomic E-state index is 11.3. The van der Waals surface area contributed by atoms with Gasteiger partial charge in [0.25, 0.3) is 0 Å². The lowest BCUT2D eigenvalue weighted by Crippen LogP contribution is -2.37. The summed E-state index contributed by atoms with van der Waals surface area (Å²) in [6.45, 7) is 6.62. The van der Waals surface area contributed by atoms with E-state index in [2.05, 4.69) is 9.64 Å². The molecule has 19 heavy (non-hydrogen) atoms. The maximum atomic E-state index is 11.3. The van der Waals surface area contributed by atoms with Crippen LogP contribution in [0.3, 0.4) is 0 Å². The molecule has 0 aromatic carbocycles. The normalized spacial score (nSPS) is 16.5. The summed E-state index contributed by atoms with van der Waals surface area (Å²) in [5.41, 5.74) is 0. The van der Waals surface area contributed by atoms with E-state index in [1.807, 2.05) is 0 Å². The molecule has 6 nitrogen and oxygen atoms in total. The van der Waals surface area contributed by atoms with Gasteiger partial charge in [0.05, 0.1) is 26.4 Å². The van der Waals surface area contributed by atoms with Gasteiger partial charge in [-0.2, -0.15) is 0 Å². The van der Waals surface area contributed by atoms with Crippen molar-refractivity contribution in [3.05, 3.63) is 12.2 Å². The van der Waals surface area contributed by atoms with E-state index >= 15 is 0 Å². The van der Waals surface area contributed by atoms with Crippen molar-refractivity contribution in [2.24, 2.45) is 0 Å². The van der Waals surface area contributed by atoms with Crippen molar-refractivity contribution in [1.29, 1.82) is 0 Å². The first-order chi connectivity index (χ1) is 9.22. The largest absolute Gasteiger partial charge is 0.463 e. The van der Waals surface area contributed by atoms with E-state index in [4.69, 9.17) is 9.47 Å². The van der Waals surface area contributed by atoms with Crippen molar-refractivity contribution in [3.63, 3.8) is 0 Å². The van der Waals surface area contributed by atoms with Gasteiger partial charge in [-0.25, -0.2) is 9.59 Å². The minimum absolute atomic E-state index is 0.289. The van der Waals surface area contributed by atoms with E-state index in [1.54, 1.807) is 6.92 Å². The topological polar surface area (TPSA) is 65.1 Å². The Bertz CT molecular complexity index is 310. The van der Waals surface area contributed by atoms with Crippen molar-refractivity contribution < 1.29 is 23.8 Å². The average Bonchev–Trinajstić information content (AvgIpc) is 2.43. The third kappa shape index (κ3) is 7.58. The summed E-state index contributed by atoms with van der Waals surface area (Å²) in [5, 5.41) is 0. The average molecular weight is 271 g/mol. The Balaban J connectivity index is 2.04. The van der Waals surface area contributed by atoms with Gasteiger partial charge in [0.2, 0.25) is 0 Å². The van der Waals surface area contributed by atoms with E-state index in [0.717, 1.165) is 51.4 Å². The fraction of sp³-hybridized carbons (Fsp3) is 0.692. The molecule has 108 valence electrons. The van der Waals surface area contributed by atoms with E-state index in [0.29, 0.717) is 6.61 Å². The lowest BCUT2D eigenvalue weighted by molar-refractivity contribution is -0.140. The molecular weight excluding hydrogens is 250 g/mol. The third-order valence-electron chi connectivity index (χ3n) is 2.61. The summed E-state index contributed by atoms with van der Waals surface area (Å²) < 4.78 is 14.9. The Labute approximate surface area is 113 Å². The Kier molecular flexibility index (Phi) is 7.84. The van der Waals surface area contributed by atoms with Gasteiger partial charge >= 0.3 is 11.9 Å². The first kappa shape index (κ1) is 15.7. The highest BCUT2D eigenvalue weighted by Crippen LogP contribution is 1.98. The zero-order chi connectivity index (χ0) is 13.9. The molecule has 1 aliphatic heterocycles. The first-order valence-electron chi connectivity index (χ1n) is 6.54. The van der Waals surface area contributed by atoms with Gasteiger partial charge in [-0.1, -0.05) is 0 Å². The van der Waals surface area contributed by atoms with Crippen LogP contribution in [0.1, 0.15) is 13.3 Å². The number of hydrogen-bond donors (Lipinski definition) is 0. The van der Waals surface area contributed by atoms with Crippen molar-refractivity contribution in [2.45, 2.75) is 13.3 Å². The SMILES string of the molecule is CCOC(=O)C=CC(=O)OCCCN1CCOCC1. The number of carbonyl (C=O) groups excluding carboxylic acids is 2. The van der Waals surface area contributed by atoms with Crippen molar-refractivity contribution in [2.75, 3.05) is 46.1 Å². The maximum Gasteiger partial charge on any atom is 0.331 e. The summed E-state index contributed by atoms with van der Waals surface area (Å²) in [6, 6.07) is 0. The first-order valence-corrected chi connectivity index (χ1v) is 6.54. The molecule has 0 bridgehead atoms. The van der Waals surface area contributed by atoms with Crippen LogP contribution < -0.4 is 0 Å². The standard InChI is InChI=1S/C13H21NO5/c1-2-18-12(15)4-5-13(16)19-9-3-6-14-7-10-17-11-8-14/h4-5H,2-3,6-11H2,1H3. The smallest absolute Gasteiger partial charge is 0.331 e. The molecule has 0 atom stereocenters. The van der Waals surface area contributed by atoms with Crippen LogP contribution in [0.15, 0.2) is 12.2 Å². The van der Waals surface area contributed by atoms with Crippen LogP contribution in [0, 0.1) is 0 Å². The van der Waals surface area contributed by atoms with Gasteiger partial charge < -0.3 is 14.2 Å². The second-order valence-corrected chi connectivity index (χ2v) is 4.06. The van der Waals surface area contributed by atoms with Crippen LogP contribution in [0.25, 0.3) is 0 Å². The van der Waals surface area contributed by atoms with Crippen molar-refractivity contribution >= 4 is 11.9 Å². The van der Waals surface area contributed by atoms with Crippen LogP contribution in [0.4, 0.5) is 0 Å². The molecule has 1 fully saturated rings. The van der Waals surface area contributed by atoms with Gasteiger partial charge in [-0.3, -0.25) is 4.90 Å². The fourth-order valence-electron chi connectivity index (χ4n) is 1.66. The minimum Gasteiger partial charge on any atom is -0.463 e. The molecule has 0 N–H and O–H groups in total. The molecule has 0 unspecified atom stereocenters. The molecule has 0 saturated carbocycles. The Morgan fingerprint density at radius 1 is 1.16 bits per heavy atom. The molecule has 0 aliphatic carbocycles. The minimum atomic E-state index is -0.534. The summed E-state index contributed by atoms with van der Waals surface area (Å²) >= 11 is 0. The number of carbonyl (C=O) groups is 2. The second-order valence-electron chi connectivity index (χ2n) is 4.06. The van der Waals surface area contributed by atoms with Crippen LogP contribution in [-0.4, -0.2) is 62.9 Å². The number of ether oxygens (including phenoxy) is 3. The van der Waals surface area contributed by atoms with Gasteiger partial charge in [-0.05, 0) is 13.3 Å². The molecular formula is C13H21NO5. The summed E-state index contributed by atoms with van der Waals surface area (Å²) in [6.07, 6.45) is 2.94. The van der Waals surface area contributed by atoms with E-state index < -0.39 is 11.9 Å². The Hall–Kier alpha value is -1.40. The number of esters is 2. The molecule has 1 heterocycles. The van der Waals surface area contributed by atoms with E-state index in [1.165, 1.54) is 0 Å². The van der Waals surface area contributed by atoms with E-state index in [9.17, 15) is 9.59 Å². The third-order valence-corrected chi connectivity index (χ3v) is 2.61. The summed E-state index contributed by atoms with van der Waals surface area (Å²) in [5.74, 6) is -1.05. The number of nitrogens with zero attached hydrogens (tertiary/aromatic N) is 1. The predicted octanol–water partition coefficient (Wildman–Crippen LogP) is 0.371. The molecule has 0 aromatic heterocycles. The van der Waals surface area contributed by atoms with Crippen LogP contribution in [0.2, 0.25) is 0 Å². The quantitative estimate of drug-likeness (QED) is 0.379. The molecule has 1 rings (SSSR count). The summed E-state index contributed by atoms with van der Waals surface area (Å²) in [7, 11) is 0. The number of morpholine rings is 1. The number of rotatable bonds is 7. The second kappa shape index (κ2) is 9.52. The van der Waals surface area contributed by atoms with Gasteiger partial charge in [0, 0.05) is 31.8 Å². The monoisotopic (exact) mass is 271 g/mol. The molecule has 0 spiro atoms. The van der Waals surface area contributed by atoms with Crippen LogP contribution in [0.5, 0.6) is 0 Å². The van der Waals surface area contributed by atoms with Crippen LogP contribution in [-0.2, 0) is 23.8 Å². The van der Waals surface area contributed by atoms with Crippen molar-refractivity contribution in [3.8, 4) is 0 Å². The molecule has 0 aromatic rings. The van der Waals surface area contributed by atoms with Gasteiger partial charge in [0.1, 0.15) is 0 Å². The molecule has 0 amide bonds. The predicted molar refractivity (Wildman–Crippen MR) is 68.6 cm³/mol. The number of hydrogen-bond acceptors (Lipinski definition) is 6. The highest BCUT2D eigenvalue weighted by atomic mass is 16.5. The van der Waals surface area contributed by atoms with Crippen molar-refractivity contribution in [1.82, 2.24) is 4.90 Å². The summed E-state index contributed by atoms with van der Waals surface area (Å²) in [4.78, 5) is 24.5. The van der Waals surface area contributed by atoms with E-state index in [-0.39, 0.29) is 6.61 Å². The highest BCUT2D eigenvalue weighted by molar-refractivity contribution is 5.91. The lowest BCUT2D eigenvalue weighted by atomic mass is 10.3. The molecule has 0 radical (unpaired) electrons. The van der Waals surface area contributed by atoms with Crippen LogP contribution >= 0.6 is 0 Å². The zero-order valence-electron chi connectivity index (χ0n) is 11.3. The lowest BCUT2D eigenvalue weighted by Gasteiger charge is -2.26. The Morgan fingerprint density at radius 2 is 1.79 bits per heavy atom. The molecule has 1 aliphatic rings. The zero-order valence-corrected chi connectivity index (χ0v) is 11.3. The van der Waals surface area contributed by atoms with Gasteiger partial charge in [-0.15, -0.1) is 0 Å². The highest BCUT2D eigenvalue weighted by Gasteiger charge is 2.09. The fourth-order valence-corrected chi connectivity index (χ4v) is 1.66. The Morgan fingerprint density at radius 3 is 2.42 bits per heavy atom.